The maximum absolute atomic E-state index is 13.0. The Hall–Kier alpha value is -0.950. The summed E-state index contributed by atoms with van der Waals surface area (Å²) >= 11 is 0. The quantitative estimate of drug-likeness (QED) is 0.543. The Morgan fingerprint density at radius 2 is 1.50 bits per heavy atom. The van der Waals surface area contributed by atoms with Gasteiger partial charge in [-0.25, -0.2) is 0 Å². The maximum Gasteiger partial charge on any atom is 0.413 e. The van der Waals surface area contributed by atoms with Gasteiger partial charge in [-0.15, -0.1) is 0 Å². The van der Waals surface area contributed by atoms with Crippen LogP contribution in [0.25, 0.3) is 0 Å². The number of rotatable bonds is 3. The van der Waals surface area contributed by atoms with Crippen molar-refractivity contribution in [3.8, 4) is 0 Å². The largest absolute Gasteiger partial charge is 0.461 e. The molecular weight excluding hydrogens is 314 g/mol. The summed E-state index contributed by atoms with van der Waals surface area (Å²) in [5, 5.41) is 0. The third-order valence-electron chi connectivity index (χ3n) is 4.67. The van der Waals surface area contributed by atoms with E-state index in [-0.39, 0.29) is 18.8 Å². The predicted molar refractivity (Wildman–Crippen MR) is 66.9 cm³/mol. The van der Waals surface area contributed by atoms with Gasteiger partial charge in [0.25, 0.3) is 5.41 Å². The molecule has 0 aromatic heterocycles. The van der Waals surface area contributed by atoms with Crippen molar-refractivity contribution in [1.82, 2.24) is 0 Å². The number of hydrogen-bond donors (Lipinski definition) is 0. The topological polar surface area (TPSA) is 26.3 Å². The van der Waals surface area contributed by atoms with Crippen LogP contribution in [-0.2, 0) is 9.53 Å². The molecule has 0 aromatic carbocycles. The number of alkyl halides is 6. The van der Waals surface area contributed by atoms with Crippen LogP contribution in [0.2, 0.25) is 0 Å². The lowest BCUT2D eigenvalue weighted by molar-refractivity contribution is -0.334. The van der Waals surface area contributed by atoms with Gasteiger partial charge in [0, 0.05) is 0 Å². The molecule has 0 aliphatic heterocycles. The van der Waals surface area contributed by atoms with Crippen molar-refractivity contribution in [3.63, 3.8) is 0 Å². The summed E-state index contributed by atoms with van der Waals surface area (Å²) in [5.41, 5.74) is -4.45. The van der Waals surface area contributed by atoms with Gasteiger partial charge < -0.3 is 4.74 Å². The third-order valence-corrected chi connectivity index (χ3v) is 4.67. The van der Waals surface area contributed by atoms with E-state index in [0.29, 0.717) is 19.3 Å². The van der Waals surface area contributed by atoms with E-state index in [9.17, 15) is 31.1 Å². The first-order valence-electron chi connectivity index (χ1n) is 7.21. The maximum atomic E-state index is 13.0. The van der Waals surface area contributed by atoms with E-state index in [1.54, 1.807) is 0 Å². The van der Waals surface area contributed by atoms with Crippen molar-refractivity contribution < 1.29 is 35.9 Å². The summed E-state index contributed by atoms with van der Waals surface area (Å²) < 4.78 is 82.6. The molecule has 0 radical (unpaired) electrons. The third kappa shape index (κ3) is 3.35. The minimum absolute atomic E-state index is 0.0827. The highest BCUT2D eigenvalue weighted by Crippen LogP contribution is 2.53. The average Bonchev–Trinajstić information content (AvgIpc) is 2.31. The van der Waals surface area contributed by atoms with Gasteiger partial charge in [-0.2, -0.15) is 26.3 Å². The first-order valence-corrected chi connectivity index (χ1v) is 7.21. The molecule has 1 aliphatic rings. The second-order valence-corrected chi connectivity index (χ2v) is 6.05. The van der Waals surface area contributed by atoms with Gasteiger partial charge in [0.05, 0.1) is 0 Å². The fourth-order valence-electron chi connectivity index (χ4n) is 2.79. The summed E-state index contributed by atoms with van der Waals surface area (Å²) in [6.07, 6.45) is -12.6. The van der Waals surface area contributed by atoms with Crippen LogP contribution in [0.4, 0.5) is 26.3 Å². The lowest BCUT2D eigenvalue weighted by Gasteiger charge is -2.37. The van der Waals surface area contributed by atoms with Crippen LogP contribution in [0.15, 0.2) is 0 Å². The fourth-order valence-corrected chi connectivity index (χ4v) is 2.79. The van der Waals surface area contributed by atoms with E-state index in [1.165, 1.54) is 0 Å². The number of ether oxygens (including phenoxy) is 1. The van der Waals surface area contributed by atoms with Gasteiger partial charge >= 0.3 is 18.3 Å². The monoisotopic (exact) mass is 334 g/mol. The lowest BCUT2D eigenvalue weighted by Crippen LogP contribution is -2.56. The summed E-state index contributed by atoms with van der Waals surface area (Å²) in [6, 6.07) is 0. The SMILES string of the molecule is CCC(C(=O)OC1CCC(C)C(C)C1)(C(F)(F)F)C(F)(F)F. The lowest BCUT2D eigenvalue weighted by atomic mass is 9.79. The molecule has 0 aromatic rings. The van der Waals surface area contributed by atoms with Crippen molar-refractivity contribution in [2.45, 2.75) is 64.9 Å². The molecule has 1 fully saturated rings. The fraction of sp³-hybridized carbons (Fsp3) is 0.929. The molecule has 3 unspecified atom stereocenters. The molecule has 8 heteroatoms. The second kappa shape index (κ2) is 6.28. The summed E-state index contributed by atoms with van der Waals surface area (Å²) in [5.74, 6) is -1.85. The minimum Gasteiger partial charge on any atom is -0.461 e. The highest BCUT2D eigenvalue weighted by atomic mass is 19.4. The van der Waals surface area contributed by atoms with E-state index in [4.69, 9.17) is 0 Å². The Morgan fingerprint density at radius 1 is 1.00 bits per heavy atom. The molecule has 0 N–H and O–H groups in total. The van der Waals surface area contributed by atoms with Gasteiger partial charge in [0.2, 0.25) is 0 Å². The Kier molecular flexibility index (Phi) is 5.45. The predicted octanol–water partition coefficient (Wildman–Crippen LogP) is 4.88. The van der Waals surface area contributed by atoms with Crippen LogP contribution in [-0.4, -0.2) is 24.4 Å². The van der Waals surface area contributed by atoms with Crippen molar-refractivity contribution >= 4 is 5.97 Å². The Labute approximate surface area is 125 Å². The number of carbonyl (C=O) groups excluding carboxylic acids is 1. The molecule has 130 valence electrons. The summed E-state index contributed by atoms with van der Waals surface area (Å²) in [4.78, 5) is 11.8. The molecule has 1 saturated carbocycles. The van der Waals surface area contributed by atoms with Crippen LogP contribution in [0.3, 0.4) is 0 Å². The van der Waals surface area contributed by atoms with Gasteiger partial charge in [-0.3, -0.25) is 4.79 Å². The van der Waals surface area contributed by atoms with Crippen LogP contribution in [0.5, 0.6) is 0 Å². The number of esters is 1. The van der Waals surface area contributed by atoms with Crippen LogP contribution in [0, 0.1) is 17.3 Å². The molecule has 2 nitrogen and oxygen atoms in total. The number of halogens is 6. The zero-order valence-electron chi connectivity index (χ0n) is 12.6. The van der Waals surface area contributed by atoms with Gasteiger partial charge in [0.15, 0.2) is 0 Å². The van der Waals surface area contributed by atoms with Crippen LogP contribution < -0.4 is 0 Å². The van der Waals surface area contributed by atoms with Crippen molar-refractivity contribution in [2.75, 3.05) is 0 Å². The standard InChI is InChI=1S/C14H20F6O2/c1-4-12(13(15,16)17,14(18,19)20)11(21)22-10-6-5-8(2)9(3)7-10/h8-10H,4-7H2,1-3H3. The molecule has 0 heterocycles. The molecular formula is C14H20F6O2. The summed E-state index contributed by atoms with van der Waals surface area (Å²) in [7, 11) is 0. The molecule has 22 heavy (non-hydrogen) atoms. The van der Waals surface area contributed by atoms with E-state index in [1.807, 2.05) is 13.8 Å². The molecule has 0 amide bonds. The Morgan fingerprint density at radius 3 is 1.86 bits per heavy atom. The van der Waals surface area contributed by atoms with Crippen molar-refractivity contribution in [1.29, 1.82) is 0 Å². The molecule has 3 atom stereocenters. The van der Waals surface area contributed by atoms with Crippen LogP contribution >= 0.6 is 0 Å². The Bertz CT molecular complexity index is 387. The molecule has 0 spiro atoms. The average molecular weight is 334 g/mol. The molecule has 0 saturated heterocycles. The Balaban J connectivity index is 3.00. The van der Waals surface area contributed by atoms with E-state index < -0.39 is 36.3 Å². The van der Waals surface area contributed by atoms with E-state index in [0.717, 1.165) is 0 Å². The zero-order valence-corrected chi connectivity index (χ0v) is 12.6. The number of carbonyl (C=O) groups is 1. The van der Waals surface area contributed by atoms with Crippen molar-refractivity contribution in [3.05, 3.63) is 0 Å². The first-order chi connectivity index (χ1) is 9.86. The minimum atomic E-state index is -5.75. The van der Waals surface area contributed by atoms with Gasteiger partial charge in [-0.1, -0.05) is 20.8 Å². The first kappa shape index (κ1) is 19.1. The normalized spacial score (nSPS) is 27.6. The van der Waals surface area contributed by atoms with Gasteiger partial charge in [0.1, 0.15) is 6.10 Å². The smallest absolute Gasteiger partial charge is 0.413 e. The molecule has 1 aliphatic carbocycles. The molecule has 0 bridgehead atoms. The highest BCUT2D eigenvalue weighted by molar-refractivity contribution is 5.79. The van der Waals surface area contributed by atoms with E-state index >= 15 is 0 Å². The number of hydrogen-bond acceptors (Lipinski definition) is 2. The van der Waals surface area contributed by atoms with Crippen molar-refractivity contribution in [2.24, 2.45) is 17.3 Å². The van der Waals surface area contributed by atoms with Gasteiger partial charge in [-0.05, 0) is 37.5 Å². The second-order valence-electron chi connectivity index (χ2n) is 6.05. The van der Waals surface area contributed by atoms with Crippen LogP contribution in [0.1, 0.15) is 46.5 Å². The zero-order chi connectivity index (χ0) is 17.3. The highest BCUT2D eigenvalue weighted by Gasteiger charge is 2.75. The summed E-state index contributed by atoms with van der Waals surface area (Å²) in [6.45, 7) is 4.48. The van der Waals surface area contributed by atoms with E-state index in [2.05, 4.69) is 4.74 Å². The molecule has 1 rings (SSSR count).